The summed E-state index contributed by atoms with van der Waals surface area (Å²) in [6, 6.07) is 10.1. The largest absolute Gasteiger partial charge is 0.366 e. The maximum atomic E-state index is 14.0. The van der Waals surface area contributed by atoms with E-state index in [2.05, 4.69) is 4.98 Å². The van der Waals surface area contributed by atoms with Gasteiger partial charge in [-0.15, -0.1) is 0 Å². The Balaban J connectivity index is 1.51. The van der Waals surface area contributed by atoms with Crippen molar-refractivity contribution in [1.82, 2.24) is 9.88 Å². The minimum absolute atomic E-state index is 0.0712. The second-order valence-corrected chi connectivity index (χ2v) is 8.06. The second-order valence-electron chi connectivity index (χ2n) is 7.65. The number of aromatic nitrogens is 1. The summed E-state index contributed by atoms with van der Waals surface area (Å²) in [5.41, 5.74) is 7.15. The number of rotatable bonds is 4. The lowest BCUT2D eigenvalue weighted by Gasteiger charge is -2.32. The summed E-state index contributed by atoms with van der Waals surface area (Å²) in [4.78, 5) is 30.9. The van der Waals surface area contributed by atoms with Crippen molar-refractivity contribution in [3.8, 4) is 0 Å². The van der Waals surface area contributed by atoms with Gasteiger partial charge in [0.2, 0.25) is 5.91 Å². The van der Waals surface area contributed by atoms with Gasteiger partial charge < -0.3 is 10.6 Å². The number of primary amides is 1. The lowest BCUT2D eigenvalue weighted by atomic mass is 9.89. The Bertz CT molecular complexity index is 1160. The Morgan fingerprint density at radius 3 is 2.55 bits per heavy atom. The van der Waals surface area contributed by atoms with Gasteiger partial charge in [-0.1, -0.05) is 17.7 Å². The number of amides is 2. The molecule has 0 spiro atoms. The number of benzene rings is 2. The van der Waals surface area contributed by atoms with E-state index in [-0.39, 0.29) is 34.4 Å². The molecule has 1 aliphatic rings. The summed E-state index contributed by atoms with van der Waals surface area (Å²) in [5, 5.41) is 0.734. The number of piperidine rings is 1. The molecule has 4 rings (SSSR count). The predicted molar refractivity (Wildman–Crippen MR) is 114 cm³/mol. The van der Waals surface area contributed by atoms with Crippen LogP contribution in [0.15, 0.2) is 42.5 Å². The van der Waals surface area contributed by atoms with E-state index in [4.69, 9.17) is 17.3 Å². The summed E-state index contributed by atoms with van der Waals surface area (Å²) >= 11 is 6.03. The van der Waals surface area contributed by atoms with Crippen molar-refractivity contribution in [2.24, 2.45) is 5.73 Å². The van der Waals surface area contributed by atoms with Crippen molar-refractivity contribution in [2.45, 2.75) is 25.2 Å². The fraction of sp³-hybridized carbons (Fsp3) is 0.261. The van der Waals surface area contributed by atoms with Gasteiger partial charge in [0.15, 0.2) is 0 Å². The van der Waals surface area contributed by atoms with Crippen LogP contribution in [0, 0.1) is 11.6 Å². The quantitative estimate of drug-likeness (QED) is 0.656. The smallest absolute Gasteiger partial charge is 0.250 e. The van der Waals surface area contributed by atoms with Gasteiger partial charge in [-0.3, -0.25) is 14.6 Å². The van der Waals surface area contributed by atoms with Crippen LogP contribution in [0.25, 0.3) is 10.9 Å². The normalized spacial score (nSPS) is 14.7. The molecule has 1 aliphatic heterocycles. The Morgan fingerprint density at radius 1 is 1.13 bits per heavy atom. The molecule has 8 heteroatoms. The summed E-state index contributed by atoms with van der Waals surface area (Å²) in [6.07, 6.45) is 1.05. The van der Waals surface area contributed by atoms with Crippen molar-refractivity contribution in [3.63, 3.8) is 0 Å². The van der Waals surface area contributed by atoms with Gasteiger partial charge >= 0.3 is 0 Å². The third kappa shape index (κ3) is 4.37. The Morgan fingerprint density at radius 2 is 1.87 bits per heavy atom. The molecule has 0 atom stereocenters. The first-order valence-corrected chi connectivity index (χ1v) is 10.3. The molecular weight excluding hydrogens is 424 g/mol. The van der Waals surface area contributed by atoms with Gasteiger partial charge in [-0.25, -0.2) is 8.78 Å². The highest BCUT2D eigenvalue weighted by Gasteiger charge is 2.28. The number of hydrogen-bond acceptors (Lipinski definition) is 3. The van der Waals surface area contributed by atoms with Crippen molar-refractivity contribution < 1.29 is 18.4 Å². The van der Waals surface area contributed by atoms with Crippen LogP contribution in [0.4, 0.5) is 8.78 Å². The van der Waals surface area contributed by atoms with Gasteiger partial charge in [0.1, 0.15) is 11.6 Å². The summed E-state index contributed by atoms with van der Waals surface area (Å²) < 4.78 is 27.5. The first-order valence-electron chi connectivity index (χ1n) is 9.94. The van der Waals surface area contributed by atoms with Crippen molar-refractivity contribution in [2.75, 3.05) is 13.1 Å². The monoisotopic (exact) mass is 443 g/mol. The summed E-state index contributed by atoms with van der Waals surface area (Å²) in [6.45, 7) is 0.883. The molecule has 2 amide bonds. The minimum atomic E-state index is -0.624. The van der Waals surface area contributed by atoms with Gasteiger partial charge in [0.25, 0.3) is 5.91 Å². The molecule has 1 saturated heterocycles. The Kier molecular flexibility index (Phi) is 5.87. The van der Waals surface area contributed by atoms with E-state index in [9.17, 15) is 18.4 Å². The van der Waals surface area contributed by atoms with Gasteiger partial charge in [0, 0.05) is 35.0 Å². The number of carbonyl (C=O) groups excluding carboxylic acids is 2. The number of nitrogens with two attached hydrogens (primary N) is 1. The molecule has 2 N–H and O–H groups in total. The van der Waals surface area contributed by atoms with Crippen LogP contribution in [0.1, 0.15) is 40.4 Å². The average Bonchev–Trinajstić information content (AvgIpc) is 2.75. The molecule has 5 nitrogen and oxygen atoms in total. The number of nitrogens with zero attached hydrogens (tertiary/aromatic N) is 2. The van der Waals surface area contributed by atoms with E-state index in [0.29, 0.717) is 42.5 Å². The zero-order valence-electron chi connectivity index (χ0n) is 16.6. The molecule has 0 radical (unpaired) electrons. The lowest BCUT2D eigenvalue weighted by Crippen LogP contribution is -2.39. The zero-order chi connectivity index (χ0) is 22.1. The number of fused-ring (bicyclic) bond motifs is 1. The van der Waals surface area contributed by atoms with Crippen LogP contribution in [0.5, 0.6) is 0 Å². The second kappa shape index (κ2) is 8.59. The molecule has 2 heterocycles. The van der Waals surface area contributed by atoms with E-state index >= 15 is 0 Å². The van der Waals surface area contributed by atoms with E-state index < -0.39 is 17.5 Å². The standard InChI is InChI=1S/C23H20ClF2N3O2/c24-18-2-1-3-19(26)16(18)12-21(30)29-8-6-13(7-9-29)22-17(23(27)31)11-14-10-15(25)4-5-20(14)28-22/h1-5,10-11,13H,6-9,12H2,(H2,27,31). The maximum Gasteiger partial charge on any atom is 0.250 e. The number of halogens is 3. The molecule has 0 saturated carbocycles. The first kappa shape index (κ1) is 21.2. The van der Waals surface area contributed by atoms with Crippen LogP contribution in [-0.4, -0.2) is 34.8 Å². The molecule has 2 aromatic carbocycles. The number of hydrogen-bond donors (Lipinski definition) is 1. The highest BCUT2D eigenvalue weighted by Crippen LogP contribution is 2.32. The molecule has 0 aliphatic carbocycles. The topological polar surface area (TPSA) is 76.3 Å². The Labute approximate surface area is 182 Å². The summed E-state index contributed by atoms with van der Waals surface area (Å²) in [5.74, 6) is -1.82. The molecule has 160 valence electrons. The van der Waals surface area contributed by atoms with Crippen LogP contribution in [0.2, 0.25) is 5.02 Å². The van der Waals surface area contributed by atoms with Crippen LogP contribution >= 0.6 is 11.6 Å². The van der Waals surface area contributed by atoms with Crippen LogP contribution in [-0.2, 0) is 11.2 Å². The molecule has 1 fully saturated rings. The molecule has 0 bridgehead atoms. The third-order valence-electron chi connectivity index (χ3n) is 5.70. The molecule has 3 aromatic rings. The van der Waals surface area contributed by atoms with E-state index in [1.807, 2.05) is 0 Å². The van der Waals surface area contributed by atoms with Gasteiger partial charge in [-0.05, 0) is 49.2 Å². The van der Waals surface area contributed by atoms with E-state index in [1.165, 1.54) is 24.3 Å². The Hall–Kier alpha value is -3.06. The highest BCUT2D eigenvalue weighted by atomic mass is 35.5. The third-order valence-corrected chi connectivity index (χ3v) is 6.05. The van der Waals surface area contributed by atoms with Gasteiger partial charge in [0.05, 0.1) is 23.2 Å². The molecular formula is C23H20ClF2N3O2. The maximum absolute atomic E-state index is 14.0. The summed E-state index contributed by atoms with van der Waals surface area (Å²) in [7, 11) is 0. The minimum Gasteiger partial charge on any atom is -0.366 e. The fourth-order valence-corrected chi connectivity index (χ4v) is 4.27. The SMILES string of the molecule is NC(=O)c1cc2cc(F)ccc2nc1C1CCN(C(=O)Cc2c(F)cccc2Cl)CC1. The molecule has 0 unspecified atom stereocenters. The van der Waals surface area contributed by atoms with Crippen molar-refractivity contribution in [3.05, 3.63) is 75.9 Å². The molecule has 31 heavy (non-hydrogen) atoms. The average molecular weight is 444 g/mol. The zero-order valence-corrected chi connectivity index (χ0v) is 17.3. The van der Waals surface area contributed by atoms with E-state index in [1.54, 1.807) is 23.1 Å². The molecule has 1 aromatic heterocycles. The lowest BCUT2D eigenvalue weighted by molar-refractivity contribution is -0.131. The van der Waals surface area contributed by atoms with Crippen molar-refractivity contribution >= 4 is 34.3 Å². The van der Waals surface area contributed by atoms with Crippen LogP contribution in [0.3, 0.4) is 0 Å². The van der Waals surface area contributed by atoms with E-state index in [0.717, 1.165) is 0 Å². The number of likely N-dealkylation sites (tertiary alicyclic amines) is 1. The van der Waals surface area contributed by atoms with Gasteiger partial charge in [-0.2, -0.15) is 0 Å². The first-order chi connectivity index (χ1) is 14.8. The number of pyridine rings is 1. The predicted octanol–water partition coefficient (Wildman–Crippen LogP) is 4.21. The fourth-order valence-electron chi connectivity index (χ4n) is 4.04. The number of carbonyl (C=O) groups is 2. The van der Waals surface area contributed by atoms with Crippen LogP contribution < -0.4 is 5.73 Å². The highest BCUT2D eigenvalue weighted by molar-refractivity contribution is 6.31. The van der Waals surface area contributed by atoms with Crippen molar-refractivity contribution in [1.29, 1.82) is 0 Å².